The van der Waals surface area contributed by atoms with Gasteiger partial charge < -0.3 is 5.32 Å². The number of nitrogens with one attached hydrogen (secondary N) is 1. The molecule has 1 aliphatic carbocycles. The molecule has 1 N–H and O–H groups in total. The van der Waals surface area contributed by atoms with Gasteiger partial charge in [-0.3, -0.25) is 9.67 Å². The molecule has 1 atom stereocenters. The van der Waals surface area contributed by atoms with Gasteiger partial charge in [-0.15, -0.1) is 5.10 Å². The van der Waals surface area contributed by atoms with Gasteiger partial charge in [0.15, 0.2) is 5.65 Å². The summed E-state index contributed by atoms with van der Waals surface area (Å²) in [5.41, 5.74) is 5.34. The lowest BCUT2D eigenvalue weighted by Crippen LogP contribution is -2.28. The van der Waals surface area contributed by atoms with Crippen LogP contribution in [0, 0.1) is 0 Å². The van der Waals surface area contributed by atoms with Gasteiger partial charge in [-0.25, -0.2) is 4.52 Å². The number of fused-ring (bicyclic) bond motifs is 2. The quantitative estimate of drug-likeness (QED) is 0.573. The molecule has 0 bridgehead atoms. The number of aromatic nitrogens is 6. The molecule has 8 heteroatoms. The molecule has 0 aliphatic heterocycles. The van der Waals surface area contributed by atoms with Gasteiger partial charge >= 0.3 is 0 Å². The molecule has 7 nitrogen and oxygen atoms in total. The Kier molecular flexibility index (Phi) is 4.24. The summed E-state index contributed by atoms with van der Waals surface area (Å²) < 4.78 is 3.89. The van der Waals surface area contributed by atoms with Gasteiger partial charge in [-0.2, -0.15) is 10.1 Å². The van der Waals surface area contributed by atoms with Gasteiger partial charge in [0.05, 0.1) is 11.2 Å². The standard InChI is InChI=1S/C20H20ClN7/c1-2-27-18-6-5-16(9-14(18)11-23-27)24-20-25-19-17(4-3-7-28(19)26-20)13-8-15(21)12-22-10-13/h3-4,7-8,10-12,16H,2,5-6,9H2,1H3,(H,24,26). The lowest BCUT2D eigenvalue weighted by atomic mass is 9.93. The summed E-state index contributed by atoms with van der Waals surface area (Å²) >= 11 is 6.11. The Bertz CT molecular complexity index is 1150. The first-order valence-corrected chi connectivity index (χ1v) is 9.85. The van der Waals surface area contributed by atoms with E-state index in [9.17, 15) is 0 Å². The Labute approximate surface area is 167 Å². The number of halogens is 1. The van der Waals surface area contributed by atoms with E-state index < -0.39 is 0 Å². The van der Waals surface area contributed by atoms with Crippen LogP contribution in [0.15, 0.2) is 43.0 Å². The molecule has 28 heavy (non-hydrogen) atoms. The second-order valence-corrected chi connectivity index (χ2v) is 7.47. The van der Waals surface area contributed by atoms with Crippen LogP contribution in [-0.4, -0.2) is 35.4 Å². The van der Waals surface area contributed by atoms with E-state index in [1.54, 1.807) is 16.9 Å². The topological polar surface area (TPSA) is 72.9 Å². The van der Waals surface area contributed by atoms with E-state index in [2.05, 4.69) is 32.1 Å². The first-order chi connectivity index (χ1) is 13.7. The van der Waals surface area contributed by atoms with Crippen LogP contribution in [0.5, 0.6) is 0 Å². The maximum absolute atomic E-state index is 6.11. The number of anilines is 1. The number of hydrogen-bond acceptors (Lipinski definition) is 5. The molecule has 0 radical (unpaired) electrons. The Morgan fingerprint density at radius 2 is 2.21 bits per heavy atom. The minimum absolute atomic E-state index is 0.302. The van der Waals surface area contributed by atoms with Crippen molar-refractivity contribution in [2.75, 3.05) is 5.32 Å². The average Bonchev–Trinajstić information content (AvgIpc) is 3.30. The molecule has 1 unspecified atom stereocenters. The van der Waals surface area contributed by atoms with Gasteiger partial charge in [0, 0.05) is 48.0 Å². The molecule has 4 aromatic heterocycles. The van der Waals surface area contributed by atoms with E-state index in [1.807, 2.05) is 30.6 Å². The van der Waals surface area contributed by atoms with E-state index in [0.717, 1.165) is 42.6 Å². The van der Waals surface area contributed by atoms with Gasteiger partial charge in [0.2, 0.25) is 5.95 Å². The second-order valence-electron chi connectivity index (χ2n) is 7.03. The summed E-state index contributed by atoms with van der Waals surface area (Å²) in [4.78, 5) is 8.92. The minimum atomic E-state index is 0.302. The summed E-state index contributed by atoms with van der Waals surface area (Å²) in [7, 11) is 0. The van der Waals surface area contributed by atoms with Gasteiger partial charge in [0.25, 0.3) is 0 Å². The monoisotopic (exact) mass is 393 g/mol. The van der Waals surface area contributed by atoms with E-state index in [1.165, 1.54) is 11.3 Å². The first kappa shape index (κ1) is 17.2. The van der Waals surface area contributed by atoms with E-state index in [0.29, 0.717) is 17.0 Å². The molecule has 4 heterocycles. The van der Waals surface area contributed by atoms with E-state index in [-0.39, 0.29) is 0 Å². The van der Waals surface area contributed by atoms with Gasteiger partial charge in [-0.1, -0.05) is 11.6 Å². The molecule has 0 fully saturated rings. The van der Waals surface area contributed by atoms with E-state index >= 15 is 0 Å². The molecule has 0 saturated heterocycles. The van der Waals surface area contributed by atoms with Crippen molar-refractivity contribution in [1.82, 2.24) is 29.4 Å². The second kappa shape index (κ2) is 6.91. The third kappa shape index (κ3) is 3.01. The molecular weight excluding hydrogens is 374 g/mol. The SMILES string of the molecule is CCn1ncc2c1CCC(Nc1nc3c(-c4cncc(Cl)c4)cccn3n1)C2. The fraction of sp³-hybridized carbons (Fsp3) is 0.300. The highest BCUT2D eigenvalue weighted by molar-refractivity contribution is 6.30. The van der Waals surface area contributed by atoms with Crippen LogP contribution >= 0.6 is 11.6 Å². The summed E-state index contributed by atoms with van der Waals surface area (Å²) in [6.45, 7) is 3.05. The fourth-order valence-electron chi connectivity index (χ4n) is 3.92. The molecule has 142 valence electrons. The molecule has 1 aliphatic rings. The van der Waals surface area contributed by atoms with Crippen LogP contribution in [-0.2, 0) is 19.4 Å². The predicted molar refractivity (Wildman–Crippen MR) is 109 cm³/mol. The van der Waals surface area contributed by atoms with Crippen LogP contribution < -0.4 is 5.32 Å². The lowest BCUT2D eigenvalue weighted by Gasteiger charge is -2.23. The Morgan fingerprint density at radius 1 is 1.29 bits per heavy atom. The molecule has 0 aromatic carbocycles. The molecule has 4 aromatic rings. The molecule has 0 saturated carbocycles. The third-order valence-corrected chi connectivity index (χ3v) is 5.45. The molecular formula is C20H20ClN7. The van der Waals surface area contributed by atoms with Crippen molar-refractivity contribution in [2.45, 2.75) is 38.8 Å². The Hall–Kier alpha value is -2.93. The van der Waals surface area contributed by atoms with Crippen molar-refractivity contribution in [3.05, 3.63) is 59.3 Å². The number of hydrogen-bond donors (Lipinski definition) is 1. The average molecular weight is 394 g/mol. The smallest absolute Gasteiger partial charge is 0.243 e. The van der Waals surface area contributed by atoms with Crippen LogP contribution in [0.1, 0.15) is 24.6 Å². The highest BCUT2D eigenvalue weighted by atomic mass is 35.5. The first-order valence-electron chi connectivity index (χ1n) is 9.47. The van der Waals surface area contributed by atoms with Crippen molar-refractivity contribution in [1.29, 1.82) is 0 Å². The molecule has 0 spiro atoms. The zero-order valence-electron chi connectivity index (χ0n) is 15.5. The molecule has 0 amide bonds. The largest absolute Gasteiger partial charge is 0.350 e. The summed E-state index contributed by atoms with van der Waals surface area (Å²) in [6, 6.07) is 6.15. The highest BCUT2D eigenvalue weighted by Crippen LogP contribution is 2.27. The maximum Gasteiger partial charge on any atom is 0.243 e. The number of aryl methyl sites for hydroxylation is 1. The van der Waals surface area contributed by atoms with Gasteiger partial charge in [0.1, 0.15) is 0 Å². The minimum Gasteiger partial charge on any atom is -0.350 e. The summed E-state index contributed by atoms with van der Waals surface area (Å²) in [6.07, 6.45) is 10.3. The predicted octanol–water partition coefficient (Wildman–Crippen LogP) is 3.63. The number of pyridine rings is 2. The van der Waals surface area contributed by atoms with Crippen LogP contribution in [0.2, 0.25) is 5.02 Å². The van der Waals surface area contributed by atoms with Crippen molar-refractivity contribution in [3.8, 4) is 11.1 Å². The van der Waals surface area contributed by atoms with Crippen LogP contribution in [0.3, 0.4) is 0 Å². The van der Waals surface area contributed by atoms with Gasteiger partial charge in [-0.05, 0) is 49.9 Å². The Balaban J connectivity index is 1.42. The summed E-state index contributed by atoms with van der Waals surface area (Å²) in [5.74, 6) is 0.638. The lowest BCUT2D eigenvalue weighted by molar-refractivity contribution is 0.552. The van der Waals surface area contributed by atoms with Crippen LogP contribution in [0.4, 0.5) is 5.95 Å². The third-order valence-electron chi connectivity index (χ3n) is 5.24. The molecule has 5 rings (SSSR count). The highest BCUT2D eigenvalue weighted by Gasteiger charge is 2.23. The zero-order valence-corrected chi connectivity index (χ0v) is 16.3. The number of nitrogens with zero attached hydrogens (tertiary/aromatic N) is 6. The summed E-state index contributed by atoms with van der Waals surface area (Å²) in [5, 5.41) is 13.2. The van der Waals surface area contributed by atoms with Crippen molar-refractivity contribution < 1.29 is 0 Å². The van der Waals surface area contributed by atoms with E-state index in [4.69, 9.17) is 16.6 Å². The van der Waals surface area contributed by atoms with Crippen molar-refractivity contribution >= 4 is 23.2 Å². The fourth-order valence-corrected chi connectivity index (χ4v) is 4.09. The van der Waals surface area contributed by atoms with Crippen molar-refractivity contribution in [2.24, 2.45) is 0 Å². The Morgan fingerprint density at radius 3 is 3.07 bits per heavy atom. The number of rotatable bonds is 4. The normalized spacial score (nSPS) is 16.3. The zero-order chi connectivity index (χ0) is 19.1. The van der Waals surface area contributed by atoms with Crippen LogP contribution in [0.25, 0.3) is 16.8 Å². The maximum atomic E-state index is 6.11. The van der Waals surface area contributed by atoms with Crippen molar-refractivity contribution in [3.63, 3.8) is 0 Å².